The lowest BCUT2D eigenvalue weighted by atomic mass is 10.1. The van der Waals surface area contributed by atoms with Crippen molar-refractivity contribution in [2.75, 3.05) is 6.61 Å². The molecule has 0 spiro atoms. The van der Waals surface area contributed by atoms with E-state index in [9.17, 15) is 38.7 Å². The lowest BCUT2D eigenvalue weighted by Crippen LogP contribution is -2.37. The molecule has 2 aliphatic rings. The second kappa shape index (κ2) is 10.2. The molecule has 1 aromatic heterocycles. The molecule has 1 aromatic rings. The summed E-state index contributed by atoms with van der Waals surface area (Å²) in [5.74, 6) is 0. The van der Waals surface area contributed by atoms with E-state index >= 15 is 0 Å². The number of H-pyrrole nitrogens is 1. The van der Waals surface area contributed by atoms with Crippen LogP contribution in [0.3, 0.4) is 0 Å². The number of rotatable bonds is 8. The van der Waals surface area contributed by atoms with Gasteiger partial charge in [-0.3, -0.25) is 23.4 Å². The van der Waals surface area contributed by atoms with Crippen LogP contribution in [0.2, 0.25) is 0 Å². The molecule has 0 saturated carbocycles. The van der Waals surface area contributed by atoms with Gasteiger partial charge in [-0.2, -0.15) is 4.31 Å². The molecule has 2 unspecified atom stereocenters. The number of hydrogen-bond acceptors (Lipinski definition) is 11. The second-order valence-corrected chi connectivity index (χ2v) is 10.7. The van der Waals surface area contributed by atoms with Crippen LogP contribution < -0.4 is 11.2 Å². The minimum absolute atomic E-state index is 0.0447. The minimum Gasteiger partial charge on any atom is -0.390 e. The molecule has 3 heterocycles. The highest BCUT2D eigenvalue weighted by molar-refractivity contribution is 7.61. The third-order valence-corrected chi connectivity index (χ3v) is 7.75. The summed E-state index contributed by atoms with van der Waals surface area (Å²) in [7, 11) is -10.3. The largest absolute Gasteiger partial charge is 0.483 e. The lowest BCUT2D eigenvalue weighted by Gasteiger charge is -2.32. The highest BCUT2D eigenvalue weighted by Crippen LogP contribution is 2.61. The molecule has 2 saturated heterocycles. The quantitative estimate of drug-likeness (QED) is 0.279. The number of nitrogens with zero attached hydrogens (tertiary/aromatic N) is 1. The number of ether oxygens (including phenoxy) is 2. The first-order valence-electron chi connectivity index (χ1n) is 9.95. The van der Waals surface area contributed by atoms with Gasteiger partial charge in [-0.05, 0) is 20.3 Å². The number of aliphatic hydroxyl groups is 2. The molecule has 188 valence electrons. The van der Waals surface area contributed by atoms with Crippen molar-refractivity contribution in [3.8, 4) is 0 Å². The highest BCUT2D eigenvalue weighted by atomic mass is 31.3. The zero-order valence-electron chi connectivity index (χ0n) is 17.7. The van der Waals surface area contributed by atoms with Crippen LogP contribution in [0.25, 0.3) is 0 Å². The van der Waals surface area contributed by atoms with Crippen molar-refractivity contribution in [2.24, 2.45) is 0 Å². The summed E-state index contributed by atoms with van der Waals surface area (Å²) in [6.45, 7) is 2.26. The number of phosphoric acid groups is 2. The molecule has 8 atom stereocenters. The van der Waals surface area contributed by atoms with E-state index in [1.807, 2.05) is 0 Å². The molecule has 33 heavy (non-hydrogen) atoms. The Labute approximate surface area is 187 Å². The number of aromatic nitrogens is 2. The zero-order valence-corrected chi connectivity index (χ0v) is 19.5. The smallest absolute Gasteiger partial charge is 0.390 e. The number of phosphoric ester groups is 2. The van der Waals surface area contributed by atoms with Gasteiger partial charge >= 0.3 is 21.3 Å². The van der Waals surface area contributed by atoms with Gasteiger partial charge in [0.25, 0.3) is 5.56 Å². The maximum absolute atomic E-state index is 12.1. The van der Waals surface area contributed by atoms with Crippen LogP contribution in [-0.2, 0) is 32.0 Å². The predicted octanol–water partition coefficient (Wildman–Crippen LogP) is -0.370. The van der Waals surface area contributed by atoms with Gasteiger partial charge < -0.3 is 29.5 Å². The van der Waals surface area contributed by atoms with Gasteiger partial charge in [0.15, 0.2) is 6.29 Å². The Hall–Kier alpha value is -1.22. The Morgan fingerprint density at radius 2 is 1.85 bits per heavy atom. The summed E-state index contributed by atoms with van der Waals surface area (Å²) in [4.78, 5) is 45.1. The maximum Gasteiger partial charge on any atom is 0.483 e. The zero-order chi connectivity index (χ0) is 24.6. The first kappa shape index (κ1) is 26.4. The van der Waals surface area contributed by atoms with E-state index < -0.39 is 70.4 Å². The molecule has 2 fully saturated rings. The Kier molecular flexibility index (Phi) is 8.14. The molecule has 3 rings (SSSR count). The molecular weight excluding hydrogens is 490 g/mol. The van der Waals surface area contributed by atoms with Crippen molar-refractivity contribution in [1.82, 2.24) is 9.55 Å². The normalized spacial score (nSPS) is 34.0. The maximum atomic E-state index is 12.1. The number of hydrogen-bond donors (Lipinski definition) is 5. The van der Waals surface area contributed by atoms with Crippen LogP contribution in [0.4, 0.5) is 0 Å². The van der Waals surface area contributed by atoms with Crippen LogP contribution in [0.15, 0.2) is 15.8 Å². The van der Waals surface area contributed by atoms with Crippen molar-refractivity contribution >= 4 is 15.6 Å². The van der Waals surface area contributed by atoms with E-state index in [1.165, 1.54) is 20.0 Å². The third kappa shape index (κ3) is 6.90. The van der Waals surface area contributed by atoms with E-state index in [0.29, 0.717) is 0 Å². The van der Waals surface area contributed by atoms with E-state index in [1.54, 1.807) is 0 Å². The van der Waals surface area contributed by atoms with Gasteiger partial charge in [0.1, 0.15) is 12.3 Å². The molecule has 5 N–H and O–H groups in total. The summed E-state index contributed by atoms with van der Waals surface area (Å²) in [5, 5.41) is 19.8. The average molecular weight is 516 g/mol. The van der Waals surface area contributed by atoms with Crippen molar-refractivity contribution in [3.63, 3.8) is 0 Å². The number of nitrogens with one attached hydrogen (secondary N) is 1. The molecule has 0 bridgehead atoms. The second-order valence-electron chi connectivity index (χ2n) is 7.75. The fraction of sp³-hybridized carbons (Fsp3) is 0.750. The Bertz CT molecular complexity index is 1060. The van der Waals surface area contributed by atoms with Gasteiger partial charge in [-0.1, -0.05) is 0 Å². The topological polar surface area (TPSA) is 216 Å². The summed E-state index contributed by atoms with van der Waals surface area (Å²) in [6, 6.07) is 0. The van der Waals surface area contributed by atoms with Crippen LogP contribution >= 0.6 is 15.6 Å². The van der Waals surface area contributed by atoms with Crippen molar-refractivity contribution < 1.29 is 52.0 Å². The lowest BCUT2D eigenvalue weighted by molar-refractivity contribution is -0.185. The fourth-order valence-electron chi connectivity index (χ4n) is 3.34. The Balaban J connectivity index is 1.56. The van der Waals surface area contributed by atoms with E-state index in [4.69, 9.17) is 14.0 Å². The third-order valence-electron chi connectivity index (χ3n) is 5.13. The number of aryl methyl sites for hydroxylation is 1. The first-order valence-corrected chi connectivity index (χ1v) is 12.9. The first-order chi connectivity index (χ1) is 15.3. The minimum atomic E-state index is -5.15. The summed E-state index contributed by atoms with van der Waals surface area (Å²) < 4.78 is 49.6. The van der Waals surface area contributed by atoms with Crippen LogP contribution in [-0.4, -0.2) is 66.9 Å². The SMILES string of the molecule is Cc1cn([C@H]2C[C@H](O)[C@@H](COP(=O)(O)OP(=O)(O)O[C@H]3CC[C@H](O)[C@H](C)O3)O2)c(=O)[nH]c1=O. The Morgan fingerprint density at radius 1 is 1.15 bits per heavy atom. The summed E-state index contributed by atoms with van der Waals surface area (Å²) in [6.07, 6.45) is -4.73. The summed E-state index contributed by atoms with van der Waals surface area (Å²) >= 11 is 0. The van der Waals surface area contributed by atoms with Crippen molar-refractivity contribution in [1.29, 1.82) is 0 Å². The molecule has 0 aromatic carbocycles. The van der Waals surface area contributed by atoms with Crippen LogP contribution in [0.1, 0.15) is 38.0 Å². The highest BCUT2D eigenvalue weighted by Gasteiger charge is 2.42. The number of aliphatic hydroxyl groups excluding tert-OH is 2. The van der Waals surface area contributed by atoms with Crippen LogP contribution in [0, 0.1) is 6.92 Å². The van der Waals surface area contributed by atoms with Crippen molar-refractivity contribution in [3.05, 3.63) is 32.6 Å². The van der Waals surface area contributed by atoms with Crippen LogP contribution in [0.5, 0.6) is 0 Å². The standard InChI is InChI=1S/C16H26N2O13P2/c1-8-6-18(16(22)17-15(8)21)13-5-11(20)12(29-13)7-27-32(23,24)31-33(25,26)30-14-4-3-10(19)9(2)28-14/h6,9-14,19-20H,3-5,7H2,1-2H3,(H,23,24)(H,25,26)(H,17,21,22)/t9-,10-,11-,12+,13+,14-/m0/s1. The molecule has 0 amide bonds. The van der Waals surface area contributed by atoms with Gasteiger partial charge in [0, 0.05) is 24.6 Å². The molecule has 17 heteroatoms. The summed E-state index contributed by atoms with van der Waals surface area (Å²) in [5.41, 5.74) is -1.12. The average Bonchev–Trinajstić information content (AvgIpc) is 3.05. The molecular formula is C16H26N2O13P2. The monoisotopic (exact) mass is 516 g/mol. The van der Waals surface area contributed by atoms with E-state index in [-0.39, 0.29) is 24.8 Å². The van der Waals surface area contributed by atoms with Crippen molar-refractivity contribution in [2.45, 2.75) is 70.0 Å². The number of aromatic amines is 1. The molecule has 0 radical (unpaired) electrons. The fourth-order valence-corrected chi connectivity index (χ4v) is 5.52. The molecule has 2 aliphatic heterocycles. The van der Waals surface area contributed by atoms with E-state index in [2.05, 4.69) is 13.8 Å². The molecule has 0 aliphatic carbocycles. The van der Waals surface area contributed by atoms with Gasteiger partial charge in [-0.15, -0.1) is 0 Å². The predicted molar refractivity (Wildman–Crippen MR) is 108 cm³/mol. The van der Waals surface area contributed by atoms with Gasteiger partial charge in [0.05, 0.1) is 24.9 Å². The van der Waals surface area contributed by atoms with Gasteiger partial charge in [-0.25, -0.2) is 13.9 Å². The van der Waals surface area contributed by atoms with E-state index in [0.717, 1.165) is 4.57 Å². The molecule has 15 nitrogen and oxygen atoms in total. The van der Waals surface area contributed by atoms with Gasteiger partial charge in [0.2, 0.25) is 0 Å². The Morgan fingerprint density at radius 3 is 2.52 bits per heavy atom.